The van der Waals surface area contributed by atoms with Crippen LogP contribution in [0.25, 0.3) is 0 Å². The van der Waals surface area contributed by atoms with Crippen molar-refractivity contribution in [3.8, 4) is 11.5 Å². The average Bonchev–Trinajstić information content (AvgIpc) is 2.55. The van der Waals surface area contributed by atoms with Crippen molar-refractivity contribution in [3.63, 3.8) is 0 Å². The number of carbonyl (C=O) groups excluding carboxylic acids is 2. The van der Waals surface area contributed by atoms with Gasteiger partial charge in [0.15, 0.2) is 0 Å². The molecule has 144 valence electrons. The average molecular weight is 372 g/mol. The molecule has 2 aromatic rings. The minimum atomic E-state index is -0.529. The molecule has 0 fully saturated rings. The Bertz CT molecular complexity index is 846. The number of esters is 1. The van der Waals surface area contributed by atoms with Gasteiger partial charge < -0.3 is 25.6 Å². The largest absolute Gasteiger partial charge is 0.507 e. The molecule has 0 bridgehead atoms. The molecule has 0 aliphatic rings. The number of nitrogen functional groups attached to an aromatic ring is 1. The van der Waals surface area contributed by atoms with Gasteiger partial charge in [0, 0.05) is 11.8 Å². The number of rotatable bonds is 6. The Labute approximate surface area is 158 Å². The van der Waals surface area contributed by atoms with Gasteiger partial charge in [-0.1, -0.05) is 0 Å². The maximum absolute atomic E-state index is 12.5. The molecular weight excluding hydrogens is 348 g/mol. The lowest BCUT2D eigenvalue weighted by Gasteiger charge is -2.17. The summed E-state index contributed by atoms with van der Waals surface area (Å²) >= 11 is 0. The number of hydrogen-bond acceptors (Lipinski definition) is 6. The van der Waals surface area contributed by atoms with Gasteiger partial charge in [-0.15, -0.1) is 0 Å². The van der Waals surface area contributed by atoms with E-state index in [0.717, 1.165) is 0 Å². The fourth-order valence-electron chi connectivity index (χ4n) is 2.32. The number of benzene rings is 2. The molecule has 0 aromatic heterocycles. The summed E-state index contributed by atoms with van der Waals surface area (Å²) in [6, 6.07) is 8.86. The molecule has 0 atom stereocenters. The Hall–Kier alpha value is -3.22. The quantitative estimate of drug-likeness (QED) is 0.528. The minimum absolute atomic E-state index is 0.0722. The molecule has 7 heteroatoms. The number of hydrogen-bond donors (Lipinski definition) is 3. The normalized spacial score (nSPS) is 10.7. The van der Waals surface area contributed by atoms with Crippen LogP contribution >= 0.6 is 0 Å². The second-order valence-corrected chi connectivity index (χ2v) is 6.56. The number of ether oxygens (including phenoxy) is 2. The van der Waals surface area contributed by atoms with Crippen molar-refractivity contribution in [1.82, 2.24) is 0 Å². The van der Waals surface area contributed by atoms with Crippen LogP contribution < -0.4 is 15.8 Å². The number of phenols is 1. The molecule has 0 unspecified atom stereocenters. The summed E-state index contributed by atoms with van der Waals surface area (Å²) in [6.07, 6.45) is -0.429. The summed E-state index contributed by atoms with van der Waals surface area (Å²) in [4.78, 5) is 24.6. The summed E-state index contributed by atoms with van der Waals surface area (Å²) < 4.78 is 10.9. The van der Waals surface area contributed by atoms with E-state index in [1.54, 1.807) is 19.9 Å². The molecule has 0 aliphatic heterocycles. The van der Waals surface area contributed by atoms with Crippen LogP contribution in [0, 0.1) is 0 Å². The summed E-state index contributed by atoms with van der Waals surface area (Å²) in [6.45, 7) is 7.18. The Morgan fingerprint density at radius 1 is 1.04 bits per heavy atom. The van der Waals surface area contributed by atoms with E-state index < -0.39 is 11.9 Å². The first kappa shape index (κ1) is 20.1. The third kappa shape index (κ3) is 5.37. The van der Waals surface area contributed by atoms with Gasteiger partial charge in [0.2, 0.25) is 0 Å². The molecule has 0 spiro atoms. The maximum Gasteiger partial charge on any atom is 0.338 e. The zero-order valence-electron chi connectivity index (χ0n) is 15.8. The number of nitrogens with one attached hydrogen (secondary N) is 1. The van der Waals surface area contributed by atoms with Gasteiger partial charge in [0.25, 0.3) is 5.91 Å². The van der Waals surface area contributed by atoms with Crippen molar-refractivity contribution < 1.29 is 24.2 Å². The van der Waals surface area contributed by atoms with Crippen LogP contribution in [0.4, 0.5) is 11.4 Å². The maximum atomic E-state index is 12.5. The second-order valence-electron chi connectivity index (χ2n) is 6.56. The number of carbonyl (C=O) groups is 2. The highest BCUT2D eigenvalue weighted by Gasteiger charge is 2.17. The molecule has 0 radical (unpaired) electrons. The van der Waals surface area contributed by atoms with Crippen LogP contribution in [0.1, 0.15) is 48.4 Å². The number of anilines is 2. The van der Waals surface area contributed by atoms with Crippen LogP contribution in [-0.4, -0.2) is 29.2 Å². The van der Waals surface area contributed by atoms with E-state index in [-0.39, 0.29) is 23.5 Å². The molecular formula is C20H24N2O5. The zero-order chi connectivity index (χ0) is 20.1. The van der Waals surface area contributed by atoms with E-state index in [4.69, 9.17) is 15.2 Å². The highest BCUT2D eigenvalue weighted by Crippen LogP contribution is 2.29. The lowest BCUT2D eigenvalue weighted by atomic mass is 10.1. The van der Waals surface area contributed by atoms with Crippen molar-refractivity contribution >= 4 is 23.3 Å². The van der Waals surface area contributed by atoms with E-state index in [0.29, 0.717) is 22.7 Å². The topological polar surface area (TPSA) is 111 Å². The Balaban J connectivity index is 2.31. The lowest BCUT2D eigenvalue weighted by molar-refractivity contribution is 0.0377. The van der Waals surface area contributed by atoms with Gasteiger partial charge in [-0.3, -0.25) is 4.79 Å². The van der Waals surface area contributed by atoms with Gasteiger partial charge in [-0.2, -0.15) is 0 Å². The molecule has 0 heterocycles. The molecule has 27 heavy (non-hydrogen) atoms. The highest BCUT2D eigenvalue weighted by atomic mass is 16.5. The predicted molar refractivity (Wildman–Crippen MR) is 103 cm³/mol. The van der Waals surface area contributed by atoms with Crippen molar-refractivity contribution in [2.24, 2.45) is 0 Å². The van der Waals surface area contributed by atoms with Crippen LogP contribution in [-0.2, 0) is 4.74 Å². The zero-order valence-corrected chi connectivity index (χ0v) is 15.8. The molecule has 7 nitrogen and oxygen atoms in total. The third-order valence-corrected chi connectivity index (χ3v) is 3.44. The fraction of sp³-hybridized carbons (Fsp3) is 0.300. The van der Waals surface area contributed by atoms with Gasteiger partial charge in [0.05, 0.1) is 29.0 Å². The van der Waals surface area contributed by atoms with Crippen molar-refractivity contribution in [2.45, 2.75) is 39.9 Å². The van der Waals surface area contributed by atoms with Crippen LogP contribution in [0.5, 0.6) is 11.5 Å². The molecule has 0 saturated carbocycles. The summed E-state index contributed by atoms with van der Waals surface area (Å²) in [5.74, 6) is -0.909. The van der Waals surface area contributed by atoms with Crippen molar-refractivity contribution in [1.29, 1.82) is 0 Å². The van der Waals surface area contributed by atoms with E-state index in [2.05, 4.69) is 5.32 Å². The number of amides is 1. The van der Waals surface area contributed by atoms with Gasteiger partial charge in [-0.05, 0) is 58.0 Å². The van der Waals surface area contributed by atoms with Crippen LogP contribution in [0.3, 0.4) is 0 Å². The number of nitrogens with two attached hydrogens (primary N) is 1. The molecule has 2 aromatic carbocycles. The van der Waals surface area contributed by atoms with E-state index in [1.807, 2.05) is 13.8 Å². The smallest absolute Gasteiger partial charge is 0.338 e. The van der Waals surface area contributed by atoms with Crippen LogP contribution in [0.2, 0.25) is 0 Å². The molecule has 0 saturated heterocycles. The second kappa shape index (κ2) is 8.44. The van der Waals surface area contributed by atoms with E-state index in [9.17, 15) is 14.7 Å². The van der Waals surface area contributed by atoms with Gasteiger partial charge in [-0.25, -0.2) is 4.79 Å². The molecule has 2 rings (SSSR count). The standard InChI is InChI=1S/C20H24N2O5/c1-11(2)26-18-9-13(20(25)27-12(3)4)5-8-16(18)22-19(24)15-7-6-14(21)10-17(15)23/h5-12,23H,21H2,1-4H3,(H,22,24). The summed E-state index contributed by atoms with van der Waals surface area (Å²) in [5.41, 5.74) is 6.68. The summed E-state index contributed by atoms with van der Waals surface area (Å²) in [5, 5.41) is 12.6. The number of phenolic OH excluding ortho intramolecular Hbond substituents is 1. The van der Waals surface area contributed by atoms with E-state index in [1.165, 1.54) is 30.3 Å². The Kier molecular flexibility index (Phi) is 6.28. The molecule has 0 aliphatic carbocycles. The third-order valence-electron chi connectivity index (χ3n) is 3.44. The highest BCUT2D eigenvalue weighted by molar-refractivity contribution is 6.07. The first-order chi connectivity index (χ1) is 12.7. The first-order valence-electron chi connectivity index (χ1n) is 8.59. The molecule has 4 N–H and O–H groups in total. The Morgan fingerprint density at radius 2 is 1.74 bits per heavy atom. The van der Waals surface area contributed by atoms with Crippen molar-refractivity contribution in [2.75, 3.05) is 11.1 Å². The monoisotopic (exact) mass is 372 g/mol. The predicted octanol–water partition coefficient (Wildman–Crippen LogP) is 3.58. The number of aromatic hydroxyl groups is 1. The first-order valence-corrected chi connectivity index (χ1v) is 8.59. The Morgan fingerprint density at radius 3 is 2.33 bits per heavy atom. The van der Waals surface area contributed by atoms with Gasteiger partial charge >= 0.3 is 5.97 Å². The fourth-order valence-corrected chi connectivity index (χ4v) is 2.32. The molecule has 1 amide bonds. The SMILES string of the molecule is CC(C)OC(=O)c1ccc(NC(=O)c2ccc(N)cc2O)c(OC(C)C)c1. The summed E-state index contributed by atoms with van der Waals surface area (Å²) in [7, 11) is 0. The van der Waals surface area contributed by atoms with Gasteiger partial charge in [0.1, 0.15) is 11.5 Å². The van der Waals surface area contributed by atoms with Crippen molar-refractivity contribution in [3.05, 3.63) is 47.5 Å². The lowest BCUT2D eigenvalue weighted by Crippen LogP contribution is -2.16. The minimum Gasteiger partial charge on any atom is -0.507 e. The van der Waals surface area contributed by atoms with Crippen LogP contribution in [0.15, 0.2) is 36.4 Å². The van der Waals surface area contributed by atoms with E-state index >= 15 is 0 Å².